The van der Waals surface area contributed by atoms with Gasteiger partial charge in [-0.3, -0.25) is 9.88 Å². The first-order valence-corrected chi connectivity index (χ1v) is 10.5. The number of rotatable bonds is 2. The monoisotopic (exact) mass is 457 g/mol. The van der Waals surface area contributed by atoms with Crippen LogP contribution in [-0.4, -0.2) is 38.2 Å². The second-order valence-electron chi connectivity index (χ2n) is 8.31. The number of carbonyl (C=O) groups excluding carboxylic acids is 1. The Hall–Kier alpha value is -2.48. The van der Waals surface area contributed by atoms with Crippen molar-refractivity contribution in [3.05, 3.63) is 46.1 Å². The number of fused-ring (bicyclic) bond motifs is 2. The molecule has 4 rings (SSSR count). The minimum absolute atomic E-state index is 0.0230. The molecule has 152 valence electrons. The predicted octanol–water partition coefficient (Wildman–Crippen LogP) is 4.95. The van der Waals surface area contributed by atoms with E-state index < -0.39 is 5.60 Å². The van der Waals surface area contributed by atoms with Gasteiger partial charge < -0.3 is 9.72 Å². The first-order valence-electron chi connectivity index (χ1n) is 9.73. The molecule has 4 heterocycles. The van der Waals surface area contributed by atoms with Crippen molar-refractivity contribution in [1.82, 2.24) is 19.9 Å². The summed E-state index contributed by atoms with van der Waals surface area (Å²) in [4.78, 5) is 31.4. The van der Waals surface area contributed by atoms with Gasteiger partial charge in [-0.05, 0) is 74.7 Å². The van der Waals surface area contributed by atoms with Crippen molar-refractivity contribution >= 4 is 38.9 Å². The Morgan fingerprint density at radius 3 is 2.86 bits per heavy atom. The number of aromatic amines is 1. The van der Waals surface area contributed by atoms with E-state index >= 15 is 0 Å². The van der Waals surface area contributed by atoms with E-state index in [1.54, 1.807) is 11.1 Å². The number of nitrogens with one attached hydrogen (secondary N) is 1. The first-order chi connectivity index (χ1) is 13.7. The molecule has 0 saturated heterocycles. The average Bonchev–Trinajstić information content (AvgIpc) is 3.08. The molecule has 0 spiro atoms. The number of halogens is 1. The fourth-order valence-electron chi connectivity index (χ4n) is 3.45. The van der Waals surface area contributed by atoms with E-state index in [-0.39, 0.29) is 12.0 Å². The number of nitrogens with zero attached hydrogens (tertiary/aromatic N) is 4. The third-order valence-electron chi connectivity index (χ3n) is 4.85. The normalized spacial score (nSPS) is 15.3. The Morgan fingerprint density at radius 2 is 2.10 bits per heavy atom. The van der Waals surface area contributed by atoms with Gasteiger partial charge in [-0.2, -0.15) is 0 Å². The van der Waals surface area contributed by atoms with E-state index in [1.807, 2.05) is 39.0 Å². The number of hydrogen-bond donors (Lipinski definition) is 1. The van der Waals surface area contributed by atoms with Crippen molar-refractivity contribution in [2.75, 3.05) is 11.4 Å². The summed E-state index contributed by atoms with van der Waals surface area (Å²) in [6.45, 7) is 8.33. The molecule has 0 bridgehead atoms. The van der Waals surface area contributed by atoms with Crippen LogP contribution < -0.4 is 4.90 Å². The number of ether oxygens (including phenoxy) is 1. The van der Waals surface area contributed by atoms with Crippen LogP contribution in [0.2, 0.25) is 0 Å². The molecule has 3 aromatic heterocycles. The maximum Gasteiger partial charge on any atom is 0.414 e. The summed E-state index contributed by atoms with van der Waals surface area (Å²) < 4.78 is 6.46. The molecule has 29 heavy (non-hydrogen) atoms. The number of imidazole rings is 1. The van der Waals surface area contributed by atoms with Gasteiger partial charge in [0.25, 0.3) is 0 Å². The SMILES string of the molecule is CC(c1ccc2c(n1)CCCN2C(=O)OC(C)(C)C)c1nc2ncc(Br)cc2[nH]1. The van der Waals surface area contributed by atoms with Crippen molar-refractivity contribution < 1.29 is 9.53 Å². The number of aryl methyl sites for hydroxylation is 1. The smallest absolute Gasteiger partial charge is 0.414 e. The molecule has 8 heteroatoms. The molecule has 1 aliphatic rings. The summed E-state index contributed by atoms with van der Waals surface area (Å²) in [5.74, 6) is 0.794. The van der Waals surface area contributed by atoms with Crippen molar-refractivity contribution in [2.24, 2.45) is 0 Å². The third-order valence-corrected chi connectivity index (χ3v) is 5.28. The largest absolute Gasteiger partial charge is 0.443 e. The van der Waals surface area contributed by atoms with Gasteiger partial charge in [0.1, 0.15) is 11.4 Å². The Bertz CT molecular complexity index is 1070. The van der Waals surface area contributed by atoms with Gasteiger partial charge in [0.15, 0.2) is 5.65 Å². The number of amides is 1. The predicted molar refractivity (Wildman–Crippen MR) is 115 cm³/mol. The number of aromatic nitrogens is 4. The Balaban J connectivity index is 1.62. The summed E-state index contributed by atoms with van der Waals surface area (Å²) >= 11 is 3.44. The molecule has 1 unspecified atom stereocenters. The fraction of sp³-hybridized carbons (Fsp3) is 0.429. The molecule has 0 saturated carbocycles. The lowest BCUT2D eigenvalue weighted by molar-refractivity contribution is 0.0577. The van der Waals surface area contributed by atoms with E-state index in [1.165, 1.54) is 0 Å². The van der Waals surface area contributed by atoms with E-state index in [0.29, 0.717) is 12.2 Å². The molecule has 1 N–H and O–H groups in total. The Morgan fingerprint density at radius 1 is 1.31 bits per heavy atom. The molecule has 7 nitrogen and oxygen atoms in total. The molecular formula is C21H24BrN5O2. The van der Waals surface area contributed by atoms with Crippen LogP contribution in [-0.2, 0) is 11.2 Å². The van der Waals surface area contributed by atoms with Crippen LogP contribution in [0.3, 0.4) is 0 Å². The number of H-pyrrole nitrogens is 1. The van der Waals surface area contributed by atoms with E-state index in [9.17, 15) is 4.79 Å². The minimum Gasteiger partial charge on any atom is -0.443 e. The quantitative estimate of drug-likeness (QED) is 0.587. The third kappa shape index (κ3) is 4.12. The highest BCUT2D eigenvalue weighted by Gasteiger charge is 2.28. The standard InChI is InChI=1S/C21H24BrN5O2/c1-12(18-25-16-10-13(22)11-23-19(16)26-18)14-7-8-17-15(24-14)6-5-9-27(17)20(28)29-21(2,3)4/h7-8,10-12H,5-6,9H2,1-4H3,(H,23,25,26). The number of carbonyl (C=O) groups is 1. The summed E-state index contributed by atoms with van der Waals surface area (Å²) in [6.07, 6.45) is 3.11. The Kier molecular flexibility index (Phi) is 5.06. The van der Waals surface area contributed by atoms with Crippen molar-refractivity contribution in [3.63, 3.8) is 0 Å². The van der Waals surface area contributed by atoms with Gasteiger partial charge in [0.2, 0.25) is 0 Å². The van der Waals surface area contributed by atoms with Crippen LogP contribution in [0.1, 0.15) is 57.2 Å². The molecule has 0 aromatic carbocycles. The van der Waals surface area contributed by atoms with Crippen LogP contribution in [0.25, 0.3) is 11.2 Å². The van der Waals surface area contributed by atoms with Gasteiger partial charge >= 0.3 is 6.09 Å². The van der Waals surface area contributed by atoms with Crippen LogP contribution in [0.5, 0.6) is 0 Å². The minimum atomic E-state index is -0.527. The number of hydrogen-bond acceptors (Lipinski definition) is 5. The summed E-state index contributed by atoms with van der Waals surface area (Å²) in [7, 11) is 0. The Labute approximate surface area is 178 Å². The summed E-state index contributed by atoms with van der Waals surface area (Å²) in [5.41, 5.74) is 3.70. The molecule has 0 aliphatic carbocycles. The first kappa shape index (κ1) is 19.8. The average molecular weight is 458 g/mol. The summed E-state index contributed by atoms with van der Waals surface area (Å²) in [6, 6.07) is 5.89. The van der Waals surface area contributed by atoms with Crippen LogP contribution >= 0.6 is 15.9 Å². The van der Waals surface area contributed by atoms with E-state index in [0.717, 1.165) is 45.7 Å². The van der Waals surface area contributed by atoms with Crippen molar-refractivity contribution in [1.29, 1.82) is 0 Å². The molecule has 1 aliphatic heterocycles. The highest BCUT2D eigenvalue weighted by molar-refractivity contribution is 9.10. The van der Waals surface area contributed by atoms with Crippen molar-refractivity contribution in [3.8, 4) is 0 Å². The zero-order valence-corrected chi connectivity index (χ0v) is 18.6. The molecule has 1 atom stereocenters. The second kappa shape index (κ2) is 7.40. The molecule has 1 amide bonds. The lowest BCUT2D eigenvalue weighted by atomic mass is 10.0. The molecule has 0 radical (unpaired) electrons. The number of anilines is 1. The van der Waals surface area contributed by atoms with Crippen molar-refractivity contribution in [2.45, 2.75) is 52.1 Å². The zero-order chi connectivity index (χ0) is 20.8. The molecular weight excluding hydrogens is 434 g/mol. The van der Waals surface area contributed by atoms with E-state index in [2.05, 4.69) is 37.8 Å². The van der Waals surface area contributed by atoms with Gasteiger partial charge in [-0.15, -0.1) is 0 Å². The summed E-state index contributed by atoms with van der Waals surface area (Å²) in [5, 5.41) is 0. The van der Waals surface area contributed by atoms with Crippen LogP contribution in [0.15, 0.2) is 28.9 Å². The lowest BCUT2D eigenvalue weighted by Crippen LogP contribution is -2.40. The van der Waals surface area contributed by atoms with E-state index in [4.69, 9.17) is 9.72 Å². The topological polar surface area (TPSA) is 84.0 Å². The highest BCUT2D eigenvalue weighted by atomic mass is 79.9. The zero-order valence-electron chi connectivity index (χ0n) is 17.0. The van der Waals surface area contributed by atoms with Crippen LogP contribution in [0, 0.1) is 0 Å². The maximum absolute atomic E-state index is 12.6. The van der Waals surface area contributed by atoms with Crippen LogP contribution in [0.4, 0.5) is 10.5 Å². The number of pyridine rings is 2. The van der Waals surface area contributed by atoms with Gasteiger partial charge in [0, 0.05) is 17.2 Å². The van der Waals surface area contributed by atoms with Gasteiger partial charge in [-0.25, -0.2) is 14.8 Å². The van der Waals surface area contributed by atoms with Gasteiger partial charge in [0.05, 0.1) is 28.5 Å². The van der Waals surface area contributed by atoms with Gasteiger partial charge in [-0.1, -0.05) is 0 Å². The second-order valence-corrected chi connectivity index (χ2v) is 9.22. The molecule has 3 aromatic rings. The maximum atomic E-state index is 12.6. The fourth-order valence-corrected chi connectivity index (χ4v) is 3.78. The highest BCUT2D eigenvalue weighted by Crippen LogP contribution is 2.31. The molecule has 0 fully saturated rings. The lowest BCUT2D eigenvalue weighted by Gasteiger charge is -2.31.